The molecule has 1 saturated heterocycles. The molecule has 1 fully saturated rings. The Morgan fingerprint density at radius 1 is 1.46 bits per heavy atom. The van der Waals surface area contributed by atoms with Crippen molar-refractivity contribution in [1.29, 1.82) is 5.26 Å². The lowest BCUT2D eigenvalue weighted by Gasteiger charge is -2.37. The molecule has 0 aliphatic carbocycles. The highest BCUT2D eigenvalue weighted by atomic mass is 15.2. The van der Waals surface area contributed by atoms with Crippen LogP contribution in [0.25, 0.3) is 0 Å². The fourth-order valence-electron chi connectivity index (χ4n) is 2.24. The smallest absolute Gasteiger partial charge is 0.0635 e. The van der Waals surface area contributed by atoms with Gasteiger partial charge in [0.25, 0.3) is 0 Å². The summed E-state index contributed by atoms with van der Waals surface area (Å²) < 4.78 is 0. The Balaban J connectivity index is 2.42. The topological polar surface area (TPSA) is 27.0 Å². The maximum Gasteiger partial charge on any atom is 0.0635 e. The Morgan fingerprint density at radius 2 is 2.23 bits per heavy atom. The molecule has 0 spiro atoms. The highest BCUT2D eigenvalue weighted by Gasteiger charge is 2.23. The predicted molar refractivity (Wildman–Crippen MR) is 54.3 cm³/mol. The van der Waals surface area contributed by atoms with Crippen molar-refractivity contribution in [2.45, 2.75) is 45.6 Å². The molecule has 0 saturated carbocycles. The Bertz CT molecular complexity index is 181. The quantitative estimate of drug-likeness (QED) is 0.667. The third-order valence-corrected chi connectivity index (χ3v) is 2.94. The van der Waals surface area contributed by atoms with Gasteiger partial charge in [-0.1, -0.05) is 20.3 Å². The molecule has 1 heterocycles. The van der Waals surface area contributed by atoms with Crippen LogP contribution in [0.15, 0.2) is 0 Å². The summed E-state index contributed by atoms with van der Waals surface area (Å²) in [5, 5.41) is 8.55. The van der Waals surface area contributed by atoms with Crippen molar-refractivity contribution < 1.29 is 0 Å². The molecule has 1 aliphatic heterocycles. The second-order valence-electron chi connectivity index (χ2n) is 4.25. The summed E-state index contributed by atoms with van der Waals surface area (Å²) in [4.78, 5) is 2.50. The minimum absolute atomic E-state index is 0.684. The first kappa shape index (κ1) is 10.5. The third kappa shape index (κ3) is 3.00. The molecule has 2 heteroatoms. The fourth-order valence-corrected chi connectivity index (χ4v) is 2.24. The average Bonchev–Trinajstić information content (AvgIpc) is 2.15. The van der Waals surface area contributed by atoms with Crippen LogP contribution in [-0.4, -0.2) is 24.0 Å². The average molecular weight is 180 g/mol. The van der Waals surface area contributed by atoms with E-state index in [2.05, 4.69) is 24.8 Å². The van der Waals surface area contributed by atoms with Gasteiger partial charge in [0.05, 0.1) is 6.07 Å². The molecule has 74 valence electrons. The van der Waals surface area contributed by atoms with Gasteiger partial charge in [-0.05, 0) is 25.3 Å². The van der Waals surface area contributed by atoms with Crippen LogP contribution in [0.1, 0.15) is 39.5 Å². The minimum atomic E-state index is 0.684. The van der Waals surface area contributed by atoms with Gasteiger partial charge in [-0.15, -0.1) is 0 Å². The van der Waals surface area contributed by atoms with Gasteiger partial charge in [0.2, 0.25) is 0 Å². The lowest BCUT2D eigenvalue weighted by atomic mass is 9.93. The number of likely N-dealkylation sites (tertiary alicyclic amines) is 1. The van der Waals surface area contributed by atoms with Crippen LogP contribution < -0.4 is 0 Å². The molecule has 1 unspecified atom stereocenters. The summed E-state index contributed by atoms with van der Waals surface area (Å²) in [7, 11) is 0. The molecule has 0 aromatic heterocycles. The zero-order valence-corrected chi connectivity index (χ0v) is 8.79. The Kier molecular flexibility index (Phi) is 4.24. The molecule has 0 bridgehead atoms. The van der Waals surface area contributed by atoms with Gasteiger partial charge < -0.3 is 0 Å². The summed E-state index contributed by atoms with van der Waals surface area (Å²) >= 11 is 0. The molecule has 1 aliphatic rings. The van der Waals surface area contributed by atoms with Crippen LogP contribution in [0.3, 0.4) is 0 Å². The van der Waals surface area contributed by atoms with Crippen molar-refractivity contribution in [2.75, 3.05) is 13.1 Å². The van der Waals surface area contributed by atoms with Gasteiger partial charge in [0, 0.05) is 19.0 Å². The number of nitrogens with zero attached hydrogens (tertiary/aromatic N) is 2. The fraction of sp³-hybridized carbons (Fsp3) is 0.909. The van der Waals surface area contributed by atoms with Gasteiger partial charge >= 0.3 is 0 Å². The van der Waals surface area contributed by atoms with Crippen LogP contribution in [0.2, 0.25) is 0 Å². The van der Waals surface area contributed by atoms with E-state index in [9.17, 15) is 0 Å². The van der Waals surface area contributed by atoms with E-state index in [0.717, 1.165) is 18.5 Å². The lowest BCUT2D eigenvalue weighted by Crippen LogP contribution is -2.43. The van der Waals surface area contributed by atoms with Crippen LogP contribution >= 0.6 is 0 Å². The van der Waals surface area contributed by atoms with E-state index in [1.54, 1.807) is 0 Å². The number of rotatable bonds is 3. The van der Waals surface area contributed by atoms with Crippen LogP contribution in [0.5, 0.6) is 0 Å². The SMILES string of the molecule is CC(C)C1CCCCN1CCC#N. The van der Waals surface area contributed by atoms with E-state index in [1.165, 1.54) is 25.8 Å². The zero-order chi connectivity index (χ0) is 9.68. The van der Waals surface area contributed by atoms with E-state index in [0.29, 0.717) is 6.42 Å². The van der Waals surface area contributed by atoms with Gasteiger partial charge in [-0.3, -0.25) is 4.90 Å². The van der Waals surface area contributed by atoms with Crippen molar-refractivity contribution in [3.8, 4) is 6.07 Å². The third-order valence-electron chi connectivity index (χ3n) is 2.94. The summed E-state index contributed by atoms with van der Waals surface area (Å²) in [6.07, 6.45) is 4.69. The van der Waals surface area contributed by atoms with Gasteiger partial charge in [0.15, 0.2) is 0 Å². The highest BCUT2D eigenvalue weighted by molar-refractivity contribution is 4.82. The largest absolute Gasteiger partial charge is 0.299 e. The number of hydrogen-bond donors (Lipinski definition) is 0. The summed E-state index contributed by atoms with van der Waals surface area (Å²) in [6, 6.07) is 2.96. The standard InChI is InChI=1S/C11H20N2/c1-10(2)11-6-3-4-8-13(11)9-5-7-12/h10-11H,3-6,8-9H2,1-2H3. The molecule has 1 atom stereocenters. The molecule has 13 heavy (non-hydrogen) atoms. The van der Waals surface area contributed by atoms with Crippen LogP contribution in [0, 0.1) is 17.2 Å². The molecule has 0 aromatic rings. The highest BCUT2D eigenvalue weighted by Crippen LogP contribution is 2.22. The van der Waals surface area contributed by atoms with Crippen molar-refractivity contribution in [3.63, 3.8) is 0 Å². The summed E-state index contributed by atoms with van der Waals surface area (Å²) in [5.41, 5.74) is 0. The van der Waals surface area contributed by atoms with Gasteiger partial charge in [0.1, 0.15) is 0 Å². The molecule has 0 amide bonds. The van der Waals surface area contributed by atoms with Gasteiger partial charge in [-0.25, -0.2) is 0 Å². The van der Waals surface area contributed by atoms with E-state index < -0.39 is 0 Å². The lowest BCUT2D eigenvalue weighted by molar-refractivity contribution is 0.115. The monoisotopic (exact) mass is 180 g/mol. The first-order valence-corrected chi connectivity index (χ1v) is 5.36. The van der Waals surface area contributed by atoms with Crippen LogP contribution in [0.4, 0.5) is 0 Å². The number of piperidine rings is 1. The predicted octanol–water partition coefficient (Wildman–Crippen LogP) is 2.41. The molecule has 0 aromatic carbocycles. The summed E-state index contributed by atoms with van der Waals surface area (Å²) in [6.45, 7) is 6.74. The van der Waals surface area contributed by atoms with Crippen molar-refractivity contribution in [2.24, 2.45) is 5.92 Å². The maximum atomic E-state index is 8.55. The molecule has 2 nitrogen and oxygen atoms in total. The van der Waals surface area contributed by atoms with E-state index >= 15 is 0 Å². The second kappa shape index (κ2) is 5.24. The first-order chi connectivity index (χ1) is 6.25. The van der Waals surface area contributed by atoms with Crippen molar-refractivity contribution in [1.82, 2.24) is 4.90 Å². The first-order valence-electron chi connectivity index (χ1n) is 5.36. The summed E-state index contributed by atoms with van der Waals surface area (Å²) in [5.74, 6) is 0.735. The Morgan fingerprint density at radius 3 is 2.85 bits per heavy atom. The van der Waals surface area contributed by atoms with E-state index in [-0.39, 0.29) is 0 Å². The zero-order valence-electron chi connectivity index (χ0n) is 8.79. The van der Waals surface area contributed by atoms with Gasteiger partial charge in [-0.2, -0.15) is 5.26 Å². The number of nitriles is 1. The molecule has 0 N–H and O–H groups in total. The van der Waals surface area contributed by atoms with E-state index in [4.69, 9.17) is 5.26 Å². The molecule has 0 radical (unpaired) electrons. The minimum Gasteiger partial charge on any atom is -0.299 e. The molecular weight excluding hydrogens is 160 g/mol. The van der Waals surface area contributed by atoms with Crippen LogP contribution in [-0.2, 0) is 0 Å². The number of hydrogen-bond acceptors (Lipinski definition) is 2. The Hall–Kier alpha value is -0.550. The molecular formula is C11H20N2. The van der Waals surface area contributed by atoms with E-state index in [1.807, 2.05) is 0 Å². The van der Waals surface area contributed by atoms with Crippen molar-refractivity contribution in [3.05, 3.63) is 0 Å². The Labute approximate surface area is 81.5 Å². The second-order valence-corrected chi connectivity index (χ2v) is 4.25. The van der Waals surface area contributed by atoms with Crippen molar-refractivity contribution >= 4 is 0 Å². The normalized spacial score (nSPS) is 24.6. The maximum absolute atomic E-state index is 8.55. The molecule has 1 rings (SSSR count).